The lowest BCUT2D eigenvalue weighted by Gasteiger charge is -2.21. The van der Waals surface area contributed by atoms with Gasteiger partial charge in [-0.3, -0.25) is 0 Å². The average molecular weight is 398 g/mol. The SMILES string of the molecule is COc1cc(OC)cc(N2CCC(Nc3ncnc4cc(F)c(OC)cc34)C2)c1. The molecule has 7 nitrogen and oxygen atoms in total. The van der Waals surface area contributed by atoms with Crippen LogP contribution in [0.4, 0.5) is 15.9 Å². The van der Waals surface area contributed by atoms with E-state index < -0.39 is 5.82 Å². The number of hydrogen-bond donors (Lipinski definition) is 1. The summed E-state index contributed by atoms with van der Waals surface area (Å²) in [6, 6.07) is 9.03. The molecule has 4 rings (SSSR count). The van der Waals surface area contributed by atoms with Gasteiger partial charge in [0.15, 0.2) is 11.6 Å². The first-order valence-electron chi connectivity index (χ1n) is 9.34. The quantitative estimate of drug-likeness (QED) is 0.682. The van der Waals surface area contributed by atoms with E-state index in [-0.39, 0.29) is 11.8 Å². The molecule has 0 spiro atoms. The van der Waals surface area contributed by atoms with E-state index in [1.807, 2.05) is 18.2 Å². The fourth-order valence-corrected chi connectivity index (χ4v) is 3.61. The summed E-state index contributed by atoms with van der Waals surface area (Å²) in [5.74, 6) is 1.91. The predicted molar refractivity (Wildman–Crippen MR) is 110 cm³/mol. The molecule has 1 aromatic heterocycles. The Morgan fingerprint density at radius 2 is 1.76 bits per heavy atom. The Kier molecular flexibility index (Phi) is 5.24. The molecule has 1 aliphatic rings. The summed E-state index contributed by atoms with van der Waals surface area (Å²) in [6.45, 7) is 1.68. The van der Waals surface area contributed by atoms with Gasteiger partial charge < -0.3 is 24.4 Å². The molecule has 0 aliphatic carbocycles. The molecule has 1 saturated heterocycles. The minimum atomic E-state index is -0.441. The number of anilines is 2. The minimum Gasteiger partial charge on any atom is -0.497 e. The number of hydrogen-bond acceptors (Lipinski definition) is 7. The zero-order valence-electron chi connectivity index (χ0n) is 16.6. The molecule has 152 valence electrons. The molecular weight excluding hydrogens is 375 g/mol. The highest BCUT2D eigenvalue weighted by molar-refractivity contribution is 5.90. The van der Waals surface area contributed by atoms with Crippen molar-refractivity contribution in [3.63, 3.8) is 0 Å². The number of benzene rings is 2. The number of rotatable bonds is 6. The normalized spacial score (nSPS) is 16.1. The van der Waals surface area contributed by atoms with Crippen LogP contribution in [-0.2, 0) is 0 Å². The van der Waals surface area contributed by atoms with Crippen LogP contribution in [0.5, 0.6) is 17.2 Å². The van der Waals surface area contributed by atoms with Gasteiger partial charge >= 0.3 is 0 Å². The van der Waals surface area contributed by atoms with Crippen LogP contribution in [0.2, 0.25) is 0 Å². The smallest absolute Gasteiger partial charge is 0.167 e. The Morgan fingerprint density at radius 3 is 2.45 bits per heavy atom. The van der Waals surface area contributed by atoms with E-state index in [0.29, 0.717) is 11.3 Å². The van der Waals surface area contributed by atoms with Gasteiger partial charge in [-0.25, -0.2) is 14.4 Å². The second-order valence-electron chi connectivity index (χ2n) is 6.87. The van der Waals surface area contributed by atoms with E-state index in [1.165, 1.54) is 19.5 Å². The lowest BCUT2D eigenvalue weighted by molar-refractivity contribution is 0.387. The first-order chi connectivity index (χ1) is 14.1. The van der Waals surface area contributed by atoms with Gasteiger partial charge in [0.25, 0.3) is 0 Å². The highest BCUT2D eigenvalue weighted by Gasteiger charge is 2.24. The van der Waals surface area contributed by atoms with E-state index in [9.17, 15) is 4.39 Å². The van der Waals surface area contributed by atoms with E-state index in [4.69, 9.17) is 14.2 Å². The van der Waals surface area contributed by atoms with Crippen molar-refractivity contribution in [1.82, 2.24) is 9.97 Å². The van der Waals surface area contributed by atoms with Gasteiger partial charge in [-0.05, 0) is 12.5 Å². The average Bonchev–Trinajstić information content (AvgIpc) is 3.21. The molecule has 0 amide bonds. The van der Waals surface area contributed by atoms with Crippen molar-refractivity contribution in [2.75, 3.05) is 44.6 Å². The maximum Gasteiger partial charge on any atom is 0.167 e. The van der Waals surface area contributed by atoms with Crippen LogP contribution < -0.4 is 24.4 Å². The summed E-state index contributed by atoms with van der Waals surface area (Å²) < 4.78 is 29.8. The highest BCUT2D eigenvalue weighted by atomic mass is 19.1. The summed E-state index contributed by atoms with van der Waals surface area (Å²) in [4.78, 5) is 10.8. The lowest BCUT2D eigenvalue weighted by atomic mass is 10.2. The van der Waals surface area contributed by atoms with Crippen molar-refractivity contribution >= 4 is 22.4 Å². The third kappa shape index (κ3) is 3.83. The fraction of sp³-hybridized carbons (Fsp3) is 0.333. The molecule has 0 bridgehead atoms. The third-order valence-corrected chi connectivity index (χ3v) is 5.14. The van der Waals surface area contributed by atoms with Crippen molar-refractivity contribution in [2.45, 2.75) is 12.5 Å². The monoisotopic (exact) mass is 398 g/mol. The van der Waals surface area contributed by atoms with Gasteiger partial charge in [-0.15, -0.1) is 0 Å². The number of nitrogens with zero attached hydrogens (tertiary/aromatic N) is 3. The second kappa shape index (κ2) is 7.98. The van der Waals surface area contributed by atoms with Gasteiger partial charge in [-0.1, -0.05) is 0 Å². The van der Waals surface area contributed by atoms with Crippen molar-refractivity contribution < 1.29 is 18.6 Å². The Morgan fingerprint density at radius 1 is 1.00 bits per heavy atom. The number of methoxy groups -OCH3 is 3. The number of nitrogens with one attached hydrogen (secondary N) is 1. The predicted octanol–water partition coefficient (Wildman–Crippen LogP) is 3.49. The van der Waals surface area contributed by atoms with E-state index in [1.54, 1.807) is 20.3 Å². The molecule has 29 heavy (non-hydrogen) atoms. The highest BCUT2D eigenvalue weighted by Crippen LogP contribution is 2.32. The van der Waals surface area contributed by atoms with Gasteiger partial charge in [0.05, 0.1) is 26.8 Å². The molecule has 2 heterocycles. The van der Waals surface area contributed by atoms with Crippen molar-refractivity contribution in [2.24, 2.45) is 0 Å². The molecule has 1 N–H and O–H groups in total. The van der Waals surface area contributed by atoms with Crippen molar-refractivity contribution in [3.8, 4) is 17.2 Å². The Bertz CT molecular complexity index is 1010. The molecule has 1 unspecified atom stereocenters. The Labute approximate surface area is 168 Å². The van der Waals surface area contributed by atoms with Crippen LogP contribution >= 0.6 is 0 Å². The van der Waals surface area contributed by atoms with Crippen LogP contribution in [-0.4, -0.2) is 50.4 Å². The molecule has 8 heteroatoms. The number of ether oxygens (including phenoxy) is 3. The standard InChI is InChI=1S/C21H23FN4O3/c1-27-15-6-14(7-16(8-15)28-2)26-5-4-13(11-26)25-21-17-9-20(29-3)18(22)10-19(17)23-12-24-21/h6-10,12-13H,4-5,11H2,1-3H3,(H,23,24,25). The maximum atomic E-state index is 14.0. The summed E-state index contributed by atoms with van der Waals surface area (Å²) in [7, 11) is 4.73. The topological polar surface area (TPSA) is 68.7 Å². The van der Waals surface area contributed by atoms with E-state index >= 15 is 0 Å². The molecule has 1 fully saturated rings. The van der Waals surface area contributed by atoms with Gasteiger partial charge in [0.2, 0.25) is 0 Å². The van der Waals surface area contributed by atoms with E-state index in [0.717, 1.165) is 42.1 Å². The molecule has 1 atom stereocenters. The van der Waals surface area contributed by atoms with Crippen molar-refractivity contribution in [1.29, 1.82) is 0 Å². The fourth-order valence-electron chi connectivity index (χ4n) is 3.61. The number of aromatic nitrogens is 2. The summed E-state index contributed by atoms with van der Waals surface area (Å²) in [6.07, 6.45) is 2.37. The Balaban J connectivity index is 1.55. The van der Waals surface area contributed by atoms with Crippen LogP contribution in [0.3, 0.4) is 0 Å². The summed E-state index contributed by atoms with van der Waals surface area (Å²) in [5.41, 5.74) is 1.58. The van der Waals surface area contributed by atoms with Crippen LogP contribution in [0.25, 0.3) is 10.9 Å². The number of fused-ring (bicyclic) bond motifs is 1. The second-order valence-corrected chi connectivity index (χ2v) is 6.87. The maximum absolute atomic E-state index is 14.0. The molecule has 3 aromatic rings. The van der Waals surface area contributed by atoms with Crippen molar-refractivity contribution in [3.05, 3.63) is 42.5 Å². The largest absolute Gasteiger partial charge is 0.497 e. The van der Waals surface area contributed by atoms with Gasteiger partial charge in [-0.2, -0.15) is 0 Å². The third-order valence-electron chi connectivity index (χ3n) is 5.14. The van der Waals surface area contributed by atoms with Crippen LogP contribution in [0.1, 0.15) is 6.42 Å². The molecule has 0 saturated carbocycles. The van der Waals surface area contributed by atoms with Gasteiger partial charge in [0.1, 0.15) is 23.6 Å². The first kappa shape index (κ1) is 19.0. The van der Waals surface area contributed by atoms with E-state index in [2.05, 4.69) is 20.2 Å². The Hall–Kier alpha value is -3.29. The summed E-state index contributed by atoms with van der Waals surface area (Å²) in [5, 5.41) is 4.21. The zero-order chi connectivity index (χ0) is 20.4. The van der Waals surface area contributed by atoms with Crippen LogP contribution in [0.15, 0.2) is 36.7 Å². The summed E-state index contributed by atoms with van der Waals surface area (Å²) >= 11 is 0. The van der Waals surface area contributed by atoms with Gasteiger partial charge in [0, 0.05) is 54.5 Å². The molecule has 2 aromatic carbocycles. The first-order valence-corrected chi connectivity index (χ1v) is 9.34. The number of halogens is 1. The minimum absolute atomic E-state index is 0.173. The van der Waals surface area contributed by atoms with Crippen LogP contribution in [0, 0.1) is 5.82 Å². The molecule has 1 aliphatic heterocycles. The lowest BCUT2D eigenvalue weighted by Crippen LogP contribution is -2.26. The molecule has 0 radical (unpaired) electrons. The molecular formula is C21H23FN4O3. The zero-order valence-corrected chi connectivity index (χ0v) is 16.6.